The van der Waals surface area contributed by atoms with E-state index in [2.05, 4.69) is 9.88 Å². The van der Waals surface area contributed by atoms with Crippen LogP contribution in [0, 0.1) is 0 Å². The fraction of sp³-hybridized carbons (Fsp3) is 0.667. The van der Waals surface area contributed by atoms with Crippen molar-refractivity contribution in [3.05, 3.63) is 23.9 Å². The van der Waals surface area contributed by atoms with Crippen molar-refractivity contribution in [2.75, 3.05) is 46.5 Å². The van der Waals surface area contributed by atoms with Gasteiger partial charge in [-0.25, -0.2) is 4.98 Å². The summed E-state index contributed by atoms with van der Waals surface area (Å²) >= 11 is 0. The third-order valence-corrected chi connectivity index (χ3v) is 5.04. The Bertz CT molecular complexity index is 575. The lowest BCUT2D eigenvalue weighted by molar-refractivity contribution is 0.0313. The molecule has 7 nitrogen and oxygen atoms in total. The van der Waals surface area contributed by atoms with Gasteiger partial charge in [0.15, 0.2) is 0 Å². The number of carbonyl (C=O) groups is 1. The predicted molar refractivity (Wildman–Crippen MR) is 92.7 cm³/mol. The molecule has 0 spiro atoms. The van der Waals surface area contributed by atoms with Gasteiger partial charge < -0.3 is 19.5 Å². The number of carbonyl (C=O) groups excluding carboxylic acids is 1. The second-order valence-corrected chi connectivity index (χ2v) is 6.59. The number of aliphatic hydroxyl groups is 1. The number of pyridine rings is 1. The molecule has 2 fully saturated rings. The van der Waals surface area contributed by atoms with Crippen LogP contribution in [0.25, 0.3) is 0 Å². The number of methoxy groups -OCH3 is 1. The molecule has 2 atom stereocenters. The smallest absolute Gasteiger partial charge is 0.259 e. The van der Waals surface area contributed by atoms with Crippen molar-refractivity contribution in [1.82, 2.24) is 14.8 Å². The Morgan fingerprint density at radius 2 is 2.08 bits per heavy atom. The third-order valence-electron chi connectivity index (χ3n) is 5.04. The van der Waals surface area contributed by atoms with Crippen molar-refractivity contribution in [2.24, 2.45) is 0 Å². The summed E-state index contributed by atoms with van der Waals surface area (Å²) in [6, 6.07) is 3.76. The molecule has 1 aromatic rings. The molecule has 0 bridgehead atoms. The van der Waals surface area contributed by atoms with E-state index >= 15 is 0 Å². The summed E-state index contributed by atoms with van der Waals surface area (Å²) in [4.78, 5) is 21.2. The second-order valence-electron chi connectivity index (χ2n) is 6.59. The number of hydrogen-bond donors (Lipinski definition) is 1. The summed E-state index contributed by atoms with van der Waals surface area (Å²) in [5.41, 5.74) is 0.493. The molecule has 1 amide bonds. The average molecular weight is 349 g/mol. The van der Waals surface area contributed by atoms with Gasteiger partial charge in [-0.1, -0.05) is 0 Å². The van der Waals surface area contributed by atoms with Crippen LogP contribution < -0.4 is 4.74 Å². The van der Waals surface area contributed by atoms with E-state index < -0.39 is 0 Å². The minimum absolute atomic E-state index is 0.0489. The highest BCUT2D eigenvalue weighted by Crippen LogP contribution is 2.25. The van der Waals surface area contributed by atoms with E-state index in [1.807, 2.05) is 4.90 Å². The number of aromatic nitrogens is 1. The largest absolute Gasteiger partial charge is 0.475 e. The summed E-state index contributed by atoms with van der Waals surface area (Å²) in [6.45, 7) is 3.73. The van der Waals surface area contributed by atoms with E-state index in [0.29, 0.717) is 37.7 Å². The van der Waals surface area contributed by atoms with Crippen LogP contribution in [0.2, 0.25) is 0 Å². The maximum Gasteiger partial charge on any atom is 0.259 e. The molecule has 2 heterocycles. The summed E-state index contributed by atoms with van der Waals surface area (Å²) in [7, 11) is 1.61. The van der Waals surface area contributed by atoms with Crippen molar-refractivity contribution < 1.29 is 19.4 Å². The number of ether oxygens (including phenoxy) is 2. The Hall–Kier alpha value is -1.70. The van der Waals surface area contributed by atoms with Crippen LogP contribution in [0.1, 0.15) is 29.6 Å². The predicted octanol–water partition coefficient (Wildman–Crippen LogP) is 0.778. The van der Waals surface area contributed by atoms with Gasteiger partial charge in [-0.3, -0.25) is 9.69 Å². The summed E-state index contributed by atoms with van der Waals surface area (Å²) in [5.74, 6) is 0.310. The van der Waals surface area contributed by atoms with Gasteiger partial charge >= 0.3 is 0 Å². The van der Waals surface area contributed by atoms with Crippen molar-refractivity contribution in [3.8, 4) is 5.88 Å². The van der Waals surface area contributed by atoms with Gasteiger partial charge in [-0.15, -0.1) is 0 Å². The first kappa shape index (κ1) is 18.1. The molecule has 25 heavy (non-hydrogen) atoms. The molecule has 0 aromatic carbocycles. The van der Waals surface area contributed by atoms with Gasteiger partial charge in [0.05, 0.1) is 12.7 Å². The van der Waals surface area contributed by atoms with Gasteiger partial charge in [-0.05, 0) is 31.4 Å². The highest BCUT2D eigenvalue weighted by atomic mass is 16.5. The van der Waals surface area contributed by atoms with Crippen molar-refractivity contribution in [1.29, 1.82) is 0 Å². The minimum atomic E-state index is -0.221. The van der Waals surface area contributed by atoms with Gasteiger partial charge in [0, 0.05) is 45.5 Å². The Kier molecular flexibility index (Phi) is 6.23. The van der Waals surface area contributed by atoms with E-state index in [1.165, 1.54) is 0 Å². The molecule has 1 aromatic heterocycles. The molecule has 7 heteroatoms. The van der Waals surface area contributed by atoms with E-state index in [1.54, 1.807) is 25.4 Å². The number of hydrogen-bond acceptors (Lipinski definition) is 6. The van der Waals surface area contributed by atoms with E-state index in [9.17, 15) is 9.90 Å². The second kappa shape index (κ2) is 8.60. The number of aliphatic hydroxyl groups excluding tert-OH is 1. The zero-order valence-corrected chi connectivity index (χ0v) is 14.8. The Labute approximate surface area is 148 Å². The molecule has 1 aliphatic heterocycles. The Morgan fingerprint density at radius 1 is 1.28 bits per heavy atom. The molecule has 1 saturated carbocycles. The standard InChI is InChI=1S/C18H27N3O4/c1-24-12-13-25-17-14(4-3-7-19-17)18(23)21-10-8-20(9-11-21)15-5-2-6-16(15)22/h3-4,7,15-16,22H,2,5-6,8-13H2,1H3. The lowest BCUT2D eigenvalue weighted by Crippen LogP contribution is -2.53. The molecule has 2 aliphatic rings. The lowest BCUT2D eigenvalue weighted by Gasteiger charge is -2.39. The normalized spacial score (nSPS) is 24.5. The number of amides is 1. The Balaban J connectivity index is 1.59. The summed E-state index contributed by atoms with van der Waals surface area (Å²) in [5, 5.41) is 10.1. The van der Waals surface area contributed by atoms with Crippen LogP contribution in [-0.4, -0.2) is 84.4 Å². The van der Waals surface area contributed by atoms with Crippen LogP contribution in [-0.2, 0) is 4.74 Å². The van der Waals surface area contributed by atoms with Gasteiger partial charge in [0.25, 0.3) is 5.91 Å². The molecule has 3 rings (SSSR count). The molecule has 1 saturated heterocycles. The highest BCUT2D eigenvalue weighted by molar-refractivity contribution is 5.96. The fourth-order valence-corrected chi connectivity index (χ4v) is 3.66. The highest BCUT2D eigenvalue weighted by Gasteiger charge is 2.33. The summed E-state index contributed by atoms with van der Waals surface area (Å²) < 4.78 is 10.6. The van der Waals surface area contributed by atoms with Gasteiger partial charge in [-0.2, -0.15) is 0 Å². The summed E-state index contributed by atoms with van der Waals surface area (Å²) in [6.07, 6.45) is 4.43. The van der Waals surface area contributed by atoms with E-state index in [-0.39, 0.29) is 18.1 Å². The van der Waals surface area contributed by atoms with Crippen molar-refractivity contribution in [2.45, 2.75) is 31.4 Å². The fourth-order valence-electron chi connectivity index (χ4n) is 3.66. The van der Waals surface area contributed by atoms with Crippen LogP contribution in [0.5, 0.6) is 5.88 Å². The first-order valence-electron chi connectivity index (χ1n) is 8.99. The van der Waals surface area contributed by atoms with Gasteiger partial charge in [0.2, 0.25) is 5.88 Å². The molecule has 1 N–H and O–H groups in total. The number of rotatable bonds is 6. The number of piperazine rings is 1. The minimum Gasteiger partial charge on any atom is -0.475 e. The lowest BCUT2D eigenvalue weighted by atomic mass is 10.1. The quantitative estimate of drug-likeness (QED) is 0.765. The first-order valence-corrected chi connectivity index (χ1v) is 8.99. The first-order chi connectivity index (χ1) is 12.2. The average Bonchev–Trinajstić information content (AvgIpc) is 3.08. The molecule has 0 radical (unpaired) electrons. The van der Waals surface area contributed by atoms with Crippen LogP contribution in [0.4, 0.5) is 0 Å². The van der Waals surface area contributed by atoms with Crippen LogP contribution in [0.3, 0.4) is 0 Å². The van der Waals surface area contributed by atoms with Crippen molar-refractivity contribution >= 4 is 5.91 Å². The zero-order valence-electron chi connectivity index (χ0n) is 14.8. The van der Waals surface area contributed by atoms with Crippen molar-refractivity contribution in [3.63, 3.8) is 0 Å². The third kappa shape index (κ3) is 4.29. The number of nitrogens with zero attached hydrogens (tertiary/aromatic N) is 3. The molecular formula is C18H27N3O4. The zero-order chi connectivity index (χ0) is 17.6. The van der Waals surface area contributed by atoms with E-state index in [0.717, 1.165) is 32.4 Å². The topological polar surface area (TPSA) is 75.1 Å². The van der Waals surface area contributed by atoms with Crippen LogP contribution in [0.15, 0.2) is 18.3 Å². The van der Waals surface area contributed by atoms with Gasteiger partial charge in [0.1, 0.15) is 12.2 Å². The molecular weight excluding hydrogens is 322 g/mol. The maximum absolute atomic E-state index is 12.9. The Morgan fingerprint density at radius 3 is 2.76 bits per heavy atom. The molecule has 138 valence electrons. The molecule has 1 aliphatic carbocycles. The SMILES string of the molecule is COCCOc1ncccc1C(=O)N1CCN(C2CCCC2O)CC1. The monoisotopic (exact) mass is 349 g/mol. The van der Waals surface area contributed by atoms with Crippen LogP contribution >= 0.6 is 0 Å². The maximum atomic E-state index is 12.9. The van der Waals surface area contributed by atoms with E-state index in [4.69, 9.17) is 9.47 Å². The molecule has 2 unspecified atom stereocenters.